The molecule has 1 heterocycles. The lowest BCUT2D eigenvalue weighted by Gasteiger charge is -2.16. The number of thioether (sulfide) groups is 1. The molecule has 0 unspecified atom stereocenters. The minimum Gasteiger partial charge on any atom is -0.481 e. The predicted molar refractivity (Wildman–Crippen MR) is 100.0 cm³/mol. The van der Waals surface area contributed by atoms with Crippen molar-refractivity contribution >= 4 is 34.1 Å². The number of benzene rings is 1. The monoisotopic (exact) mass is 363 g/mol. The molecule has 0 aliphatic rings. The lowest BCUT2D eigenvalue weighted by Crippen LogP contribution is -2.32. The van der Waals surface area contributed by atoms with Crippen molar-refractivity contribution in [2.45, 2.75) is 37.1 Å². The van der Waals surface area contributed by atoms with E-state index in [0.717, 1.165) is 16.5 Å². The number of aromatic nitrogens is 2. The van der Waals surface area contributed by atoms with E-state index in [1.807, 2.05) is 31.2 Å². The van der Waals surface area contributed by atoms with Crippen LogP contribution in [-0.2, 0) is 11.2 Å². The zero-order chi connectivity index (χ0) is 17.4. The molecule has 1 aromatic heterocycles. The highest BCUT2D eigenvalue weighted by Gasteiger charge is 2.20. The number of aryl methyl sites for hydroxylation is 1. The van der Waals surface area contributed by atoms with Gasteiger partial charge in [0.05, 0.1) is 0 Å². The topological polar surface area (TPSA) is 64.1 Å². The molecule has 0 fully saturated rings. The van der Waals surface area contributed by atoms with Crippen LogP contribution in [0.1, 0.15) is 25.8 Å². The van der Waals surface area contributed by atoms with Gasteiger partial charge in [0.1, 0.15) is 5.75 Å². The molecule has 0 aliphatic carbocycles. The molecular formula is C17H21N3O2S2. The first-order valence-electron chi connectivity index (χ1n) is 7.79. The van der Waals surface area contributed by atoms with E-state index in [1.165, 1.54) is 28.7 Å². The van der Waals surface area contributed by atoms with E-state index in [0.29, 0.717) is 17.3 Å². The molecule has 1 aromatic carbocycles. The van der Waals surface area contributed by atoms with Gasteiger partial charge in [-0.2, -0.15) is 0 Å². The number of carbonyl (C=O) groups excluding carboxylic acids is 1. The Morgan fingerprint density at radius 2 is 2.12 bits per heavy atom. The summed E-state index contributed by atoms with van der Waals surface area (Å²) in [5, 5.41) is 11.3. The fourth-order valence-corrected chi connectivity index (χ4v) is 3.44. The molecule has 0 saturated carbocycles. The van der Waals surface area contributed by atoms with Crippen LogP contribution in [0.3, 0.4) is 0 Å². The van der Waals surface area contributed by atoms with E-state index in [9.17, 15) is 4.79 Å². The Morgan fingerprint density at radius 1 is 1.38 bits per heavy atom. The quantitative estimate of drug-likeness (QED) is 0.411. The molecule has 128 valence electrons. The van der Waals surface area contributed by atoms with Crippen LogP contribution in [0.25, 0.3) is 0 Å². The molecule has 0 bridgehead atoms. The van der Waals surface area contributed by atoms with Crippen LogP contribution in [0.2, 0.25) is 0 Å². The predicted octanol–water partition coefficient (Wildman–Crippen LogP) is 4.17. The lowest BCUT2D eigenvalue weighted by atomic mass is 10.2. The fourth-order valence-electron chi connectivity index (χ4n) is 1.92. The second-order valence-electron chi connectivity index (χ2n) is 4.97. The normalized spacial score (nSPS) is 11.8. The van der Waals surface area contributed by atoms with Gasteiger partial charge in [0, 0.05) is 5.75 Å². The number of hydrogen-bond acceptors (Lipinski definition) is 6. The van der Waals surface area contributed by atoms with E-state index >= 15 is 0 Å². The van der Waals surface area contributed by atoms with Crippen molar-refractivity contribution < 1.29 is 9.53 Å². The zero-order valence-corrected chi connectivity index (χ0v) is 15.5. The van der Waals surface area contributed by atoms with Gasteiger partial charge in [0.15, 0.2) is 10.4 Å². The summed E-state index contributed by atoms with van der Waals surface area (Å²) in [5.41, 5.74) is 1.23. The van der Waals surface area contributed by atoms with Crippen LogP contribution >= 0.6 is 23.1 Å². The van der Waals surface area contributed by atoms with Gasteiger partial charge in [-0.15, -0.1) is 16.8 Å². The highest BCUT2D eigenvalue weighted by molar-refractivity contribution is 8.01. The first kappa shape index (κ1) is 18.5. The highest BCUT2D eigenvalue weighted by atomic mass is 32.2. The van der Waals surface area contributed by atoms with E-state index < -0.39 is 6.10 Å². The van der Waals surface area contributed by atoms with Gasteiger partial charge in [-0.05, 0) is 30.5 Å². The first-order chi connectivity index (χ1) is 11.7. The number of carbonyl (C=O) groups is 1. The third kappa shape index (κ3) is 5.35. The van der Waals surface area contributed by atoms with Gasteiger partial charge in [0.2, 0.25) is 5.13 Å². The van der Waals surface area contributed by atoms with Crippen molar-refractivity contribution in [3.63, 3.8) is 0 Å². The summed E-state index contributed by atoms with van der Waals surface area (Å²) in [5.74, 6) is 1.24. The van der Waals surface area contributed by atoms with Crippen molar-refractivity contribution in [3.8, 4) is 5.75 Å². The maximum Gasteiger partial charge on any atom is 0.267 e. The van der Waals surface area contributed by atoms with Crippen molar-refractivity contribution in [1.82, 2.24) is 10.2 Å². The van der Waals surface area contributed by atoms with Crippen molar-refractivity contribution in [2.24, 2.45) is 0 Å². The van der Waals surface area contributed by atoms with Crippen LogP contribution < -0.4 is 10.1 Å². The number of amides is 1. The molecule has 0 saturated heterocycles. The minimum absolute atomic E-state index is 0.214. The standard InChI is InChI=1S/C17H21N3O2S2/c1-4-11-23-17-20-19-16(24-17)18-15(21)14(6-3)22-13-9-7-12(5-2)8-10-13/h4,7-10,14H,1,5-6,11H2,2-3H3,(H,18,19,21)/t14-/m0/s1. The minimum atomic E-state index is -0.564. The number of nitrogens with zero attached hydrogens (tertiary/aromatic N) is 2. The molecule has 1 amide bonds. The fraction of sp³-hybridized carbons (Fsp3) is 0.353. The van der Waals surface area contributed by atoms with Crippen molar-refractivity contribution in [2.75, 3.05) is 11.1 Å². The number of hydrogen-bond donors (Lipinski definition) is 1. The first-order valence-corrected chi connectivity index (χ1v) is 9.60. The van der Waals surface area contributed by atoms with Gasteiger partial charge in [-0.25, -0.2) is 0 Å². The Kier molecular flexibility index (Phi) is 7.27. The summed E-state index contributed by atoms with van der Waals surface area (Å²) >= 11 is 2.88. The molecule has 1 atom stereocenters. The Morgan fingerprint density at radius 3 is 2.75 bits per heavy atom. The number of rotatable bonds is 9. The van der Waals surface area contributed by atoms with E-state index in [2.05, 4.69) is 29.0 Å². The SMILES string of the molecule is C=CCSc1nnc(NC(=O)[C@H](CC)Oc2ccc(CC)cc2)s1. The summed E-state index contributed by atoms with van der Waals surface area (Å²) in [6, 6.07) is 7.80. The second kappa shape index (κ2) is 9.44. The van der Waals surface area contributed by atoms with E-state index in [4.69, 9.17) is 4.74 Å². The second-order valence-corrected chi connectivity index (χ2v) is 7.22. The molecular weight excluding hydrogens is 342 g/mol. The molecule has 2 rings (SSSR count). The van der Waals surface area contributed by atoms with Crippen LogP contribution in [0.15, 0.2) is 41.3 Å². The smallest absolute Gasteiger partial charge is 0.267 e. The number of anilines is 1. The molecule has 7 heteroatoms. The summed E-state index contributed by atoms with van der Waals surface area (Å²) < 4.78 is 6.60. The van der Waals surface area contributed by atoms with Crippen molar-refractivity contribution in [1.29, 1.82) is 0 Å². The molecule has 0 spiro atoms. The molecule has 1 N–H and O–H groups in total. The Balaban J connectivity index is 1.94. The highest BCUT2D eigenvalue weighted by Crippen LogP contribution is 2.25. The number of ether oxygens (including phenoxy) is 1. The molecule has 24 heavy (non-hydrogen) atoms. The van der Waals surface area contributed by atoms with Crippen LogP contribution in [0.4, 0.5) is 5.13 Å². The third-order valence-corrected chi connectivity index (χ3v) is 5.20. The lowest BCUT2D eigenvalue weighted by molar-refractivity contribution is -0.122. The van der Waals surface area contributed by atoms with Gasteiger partial charge in [0.25, 0.3) is 5.91 Å². The molecule has 0 aliphatic heterocycles. The summed E-state index contributed by atoms with van der Waals surface area (Å²) in [7, 11) is 0. The maximum absolute atomic E-state index is 12.4. The van der Waals surface area contributed by atoms with Crippen molar-refractivity contribution in [3.05, 3.63) is 42.5 Å². The van der Waals surface area contributed by atoms with Crippen LogP contribution in [0, 0.1) is 0 Å². The Labute approximate surface area is 150 Å². The molecule has 2 aromatic rings. The van der Waals surface area contributed by atoms with Gasteiger partial charge >= 0.3 is 0 Å². The Hall–Kier alpha value is -1.86. The molecule has 5 nitrogen and oxygen atoms in total. The number of nitrogens with one attached hydrogen (secondary N) is 1. The van der Waals surface area contributed by atoms with Crippen LogP contribution in [-0.4, -0.2) is 28.0 Å². The van der Waals surface area contributed by atoms with Crippen LogP contribution in [0.5, 0.6) is 5.75 Å². The Bertz CT molecular complexity index is 671. The summed E-state index contributed by atoms with van der Waals surface area (Å²) in [6.07, 6.45) is 2.78. The maximum atomic E-state index is 12.4. The average Bonchev–Trinajstić information content (AvgIpc) is 3.05. The van der Waals surface area contributed by atoms with Gasteiger partial charge in [-0.3, -0.25) is 10.1 Å². The summed E-state index contributed by atoms with van der Waals surface area (Å²) in [4.78, 5) is 12.4. The van der Waals surface area contributed by atoms with E-state index in [1.54, 1.807) is 6.08 Å². The average molecular weight is 364 g/mol. The zero-order valence-electron chi connectivity index (χ0n) is 13.8. The largest absolute Gasteiger partial charge is 0.481 e. The summed E-state index contributed by atoms with van der Waals surface area (Å²) in [6.45, 7) is 7.68. The van der Waals surface area contributed by atoms with Gasteiger partial charge < -0.3 is 4.74 Å². The van der Waals surface area contributed by atoms with E-state index in [-0.39, 0.29) is 5.91 Å². The van der Waals surface area contributed by atoms with Gasteiger partial charge in [-0.1, -0.05) is 55.2 Å². The third-order valence-electron chi connectivity index (χ3n) is 3.23. The molecule has 0 radical (unpaired) electrons.